The second-order valence-corrected chi connectivity index (χ2v) is 6.72. The van der Waals surface area contributed by atoms with Crippen LogP contribution in [0, 0.1) is 11.3 Å². The minimum atomic E-state index is 0.311. The highest BCUT2D eigenvalue weighted by Gasteiger charge is 2.35. The first-order valence-corrected chi connectivity index (χ1v) is 8.12. The fraction of sp³-hybridized carbons (Fsp3) is 1.00. The average Bonchev–Trinajstić information content (AvgIpc) is 2.70. The summed E-state index contributed by atoms with van der Waals surface area (Å²) in [5, 5.41) is 13.2. The molecule has 0 radical (unpaired) electrons. The summed E-state index contributed by atoms with van der Waals surface area (Å²) in [6, 6.07) is 0.377. The molecule has 0 aromatic carbocycles. The number of nitrogens with one attached hydrogen (secondary N) is 1. The Kier molecular flexibility index (Phi) is 7.33. The topological polar surface area (TPSA) is 35.5 Å². The number of nitrogens with zero attached hydrogens (tertiary/aromatic N) is 1. The van der Waals surface area contributed by atoms with Gasteiger partial charge in [-0.25, -0.2) is 0 Å². The van der Waals surface area contributed by atoms with Gasteiger partial charge in [0.05, 0.1) is 6.61 Å². The summed E-state index contributed by atoms with van der Waals surface area (Å²) in [6.45, 7) is 13.9. The SMILES string of the molecule is CCCNCC(C)(CCC)CN1CCC(C)C1CO. The fourth-order valence-electron chi connectivity index (χ4n) is 3.46. The Bertz CT molecular complexity index is 247. The summed E-state index contributed by atoms with van der Waals surface area (Å²) in [6.07, 6.45) is 4.92. The smallest absolute Gasteiger partial charge is 0.0589 e. The number of hydrogen-bond donors (Lipinski definition) is 2. The third-order valence-electron chi connectivity index (χ3n) is 4.60. The molecule has 1 aliphatic rings. The molecule has 1 fully saturated rings. The van der Waals surface area contributed by atoms with E-state index in [2.05, 4.69) is 37.9 Å². The zero-order valence-corrected chi connectivity index (χ0v) is 13.4. The summed E-state index contributed by atoms with van der Waals surface area (Å²) >= 11 is 0. The van der Waals surface area contributed by atoms with E-state index in [4.69, 9.17) is 0 Å². The van der Waals surface area contributed by atoms with Gasteiger partial charge in [0.15, 0.2) is 0 Å². The molecule has 1 rings (SSSR count). The molecule has 0 aliphatic carbocycles. The maximum absolute atomic E-state index is 9.59. The number of hydrogen-bond acceptors (Lipinski definition) is 3. The van der Waals surface area contributed by atoms with Crippen molar-refractivity contribution in [2.75, 3.05) is 32.8 Å². The molecule has 3 nitrogen and oxygen atoms in total. The van der Waals surface area contributed by atoms with Crippen molar-refractivity contribution in [1.29, 1.82) is 0 Å². The molecule has 0 aromatic heterocycles. The highest BCUT2D eigenvalue weighted by Crippen LogP contribution is 2.30. The van der Waals surface area contributed by atoms with Gasteiger partial charge < -0.3 is 10.4 Å². The zero-order chi connectivity index (χ0) is 14.3. The van der Waals surface area contributed by atoms with Gasteiger partial charge in [0.2, 0.25) is 0 Å². The number of rotatable bonds is 9. The lowest BCUT2D eigenvalue weighted by Crippen LogP contribution is -2.46. The maximum atomic E-state index is 9.59. The van der Waals surface area contributed by atoms with Crippen molar-refractivity contribution < 1.29 is 5.11 Å². The molecule has 3 atom stereocenters. The van der Waals surface area contributed by atoms with Crippen molar-refractivity contribution in [2.24, 2.45) is 11.3 Å². The van der Waals surface area contributed by atoms with Crippen molar-refractivity contribution in [2.45, 2.75) is 59.4 Å². The van der Waals surface area contributed by atoms with Gasteiger partial charge in [0.1, 0.15) is 0 Å². The number of aliphatic hydroxyl groups is 1. The van der Waals surface area contributed by atoms with Gasteiger partial charge in [-0.15, -0.1) is 0 Å². The van der Waals surface area contributed by atoms with Crippen LogP contribution in [0.15, 0.2) is 0 Å². The molecule has 0 bridgehead atoms. The first-order valence-electron chi connectivity index (χ1n) is 8.12. The van der Waals surface area contributed by atoms with Gasteiger partial charge in [0, 0.05) is 19.1 Å². The van der Waals surface area contributed by atoms with Gasteiger partial charge in [-0.2, -0.15) is 0 Å². The van der Waals surface area contributed by atoms with Crippen LogP contribution in [0.25, 0.3) is 0 Å². The van der Waals surface area contributed by atoms with Crippen LogP contribution < -0.4 is 5.32 Å². The summed E-state index contributed by atoms with van der Waals surface area (Å²) in [7, 11) is 0. The molecule has 1 aliphatic heterocycles. The minimum absolute atomic E-state index is 0.311. The Morgan fingerprint density at radius 1 is 1.32 bits per heavy atom. The lowest BCUT2D eigenvalue weighted by Gasteiger charge is -2.37. The average molecular weight is 270 g/mol. The van der Waals surface area contributed by atoms with Crippen LogP contribution in [0.1, 0.15) is 53.4 Å². The summed E-state index contributed by atoms with van der Waals surface area (Å²) in [5.41, 5.74) is 0.335. The van der Waals surface area contributed by atoms with Crippen molar-refractivity contribution in [1.82, 2.24) is 10.2 Å². The van der Waals surface area contributed by atoms with Crippen LogP contribution in [0.5, 0.6) is 0 Å². The predicted octanol–water partition coefficient (Wildman–Crippen LogP) is 2.50. The number of likely N-dealkylation sites (tertiary alicyclic amines) is 1. The summed E-state index contributed by atoms with van der Waals surface area (Å²) < 4.78 is 0. The quantitative estimate of drug-likeness (QED) is 0.632. The maximum Gasteiger partial charge on any atom is 0.0589 e. The number of aliphatic hydroxyl groups excluding tert-OH is 1. The van der Waals surface area contributed by atoms with E-state index in [0.29, 0.717) is 24.0 Å². The Balaban J connectivity index is 2.56. The molecule has 19 heavy (non-hydrogen) atoms. The molecule has 1 saturated heterocycles. The Morgan fingerprint density at radius 3 is 2.63 bits per heavy atom. The van der Waals surface area contributed by atoms with Gasteiger partial charge in [-0.1, -0.05) is 34.1 Å². The normalized spacial score (nSPS) is 27.6. The van der Waals surface area contributed by atoms with E-state index in [1.54, 1.807) is 0 Å². The molecule has 0 saturated carbocycles. The van der Waals surface area contributed by atoms with Gasteiger partial charge in [-0.05, 0) is 43.7 Å². The summed E-state index contributed by atoms with van der Waals surface area (Å²) in [5.74, 6) is 0.638. The largest absolute Gasteiger partial charge is 0.395 e. The van der Waals surface area contributed by atoms with E-state index >= 15 is 0 Å². The summed E-state index contributed by atoms with van der Waals surface area (Å²) in [4.78, 5) is 2.52. The zero-order valence-electron chi connectivity index (χ0n) is 13.4. The van der Waals surface area contributed by atoms with Crippen LogP contribution in [0.4, 0.5) is 0 Å². The molecule has 114 valence electrons. The monoisotopic (exact) mass is 270 g/mol. The highest BCUT2D eigenvalue weighted by atomic mass is 16.3. The van der Waals surface area contributed by atoms with E-state index in [1.807, 2.05) is 0 Å². The first-order chi connectivity index (χ1) is 9.06. The Labute approximate surface area is 119 Å². The van der Waals surface area contributed by atoms with E-state index < -0.39 is 0 Å². The second-order valence-electron chi connectivity index (χ2n) is 6.72. The molecular formula is C16H34N2O. The molecule has 0 spiro atoms. The van der Waals surface area contributed by atoms with Crippen molar-refractivity contribution in [3.8, 4) is 0 Å². The van der Waals surface area contributed by atoms with Crippen LogP contribution in [0.3, 0.4) is 0 Å². The van der Waals surface area contributed by atoms with E-state index in [9.17, 15) is 5.11 Å². The Hall–Kier alpha value is -0.120. The molecule has 0 amide bonds. The van der Waals surface area contributed by atoms with Gasteiger partial charge >= 0.3 is 0 Å². The molecule has 0 aromatic rings. The van der Waals surface area contributed by atoms with Crippen LogP contribution in [-0.4, -0.2) is 48.8 Å². The van der Waals surface area contributed by atoms with Gasteiger partial charge in [-0.3, -0.25) is 4.90 Å². The Morgan fingerprint density at radius 2 is 2.05 bits per heavy atom. The third-order valence-corrected chi connectivity index (χ3v) is 4.60. The van der Waals surface area contributed by atoms with Crippen LogP contribution >= 0.6 is 0 Å². The lowest BCUT2D eigenvalue weighted by atomic mass is 9.84. The second kappa shape index (κ2) is 8.23. The molecule has 3 unspecified atom stereocenters. The highest BCUT2D eigenvalue weighted by molar-refractivity contribution is 4.89. The fourth-order valence-corrected chi connectivity index (χ4v) is 3.46. The van der Waals surface area contributed by atoms with Gasteiger partial charge in [0.25, 0.3) is 0 Å². The van der Waals surface area contributed by atoms with Crippen LogP contribution in [-0.2, 0) is 0 Å². The van der Waals surface area contributed by atoms with E-state index in [0.717, 1.165) is 26.2 Å². The minimum Gasteiger partial charge on any atom is -0.395 e. The molecule has 2 N–H and O–H groups in total. The van der Waals surface area contributed by atoms with Crippen molar-refractivity contribution in [3.05, 3.63) is 0 Å². The standard InChI is InChI=1S/C16H34N2O/c1-5-8-16(4,12-17-9-6-2)13-18-10-7-14(3)15(18)11-19/h14-15,17,19H,5-13H2,1-4H3. The molecule has 1 heterocycles. The van der Waals surface area contributed by atoms with Crippen molar-refractivity contribution >= 4 is 0 Å². The van der Waals surface area contributed by atoms with Crippen LogP contribution in [0.2, 0.25) is 0 Å². The lowest BCUT2D eigenvalue weighted by molar-refractivity contribution is 0.0909. The van der Waals surface area contributed by atoms with E-state index in [-0.39, 0.29) is 0 Å². The third kappa shape index (κ3) is 5.05. The van der Waals surface area contributed by atoms with E-state index in [1.165, 1.54) is 25.7 Å². The van der Waals surface area contributed by atoms with Crippen molar-refractivity contribution in [3.63, 3.8) is 0 Å². The molecular weight excluding hydrogens is 236 g/mol. The molecule has 3 heteroatoms. The first kappa shape index (κ1) is 16.9. The predicted molar refractivity (Wildman–Crippen MR) is 82.4 cm³/mol.